The lowest BCUT2D eigenvalue weighted by Gasteiger charge is -2.35. The van der Waals surface area contributed by atoms with Crippen LogP contribution in [0.2, 0.25) is 0 Å². The molecule has 1 unspecified atom stereocenters. The smallest absolute Gasteiger partial charge is 0.139 e. The summed E-state index contributed by atoms with van der Waals surface area (Å²) in [6, 6.07) is 0. The summed E-state index contributed by atoms with van der Waals surface area (Å²) in [5, 5.41) is 15.9. The molecule has 0 amide bonds. The average Bonchev–Trinajstić information content (AvgIpc) is 2.32. The Balaban J connectivity index is 2.18. The summed E-state index contributed by atoms with van der Waals surface area (Å²) in [5.41, 5.74) is 0.807. The van der Waals surface area contributed by atoms with E-state index in [0.29, 0.717) is 5.76 Å². The topological polar surface area (TPSA) is 44.3 Å². The van der Waals surface area contributed by atoms with Crippen LogP contribution < -0.4 is 10.6 Å². The number of rotatable bonds is 0. The molecule has 0 saturated carbocycles. The van der Waals surface area contributed by atoms with Crippen molar-refractivity contribution >= 4 is 0 Å². The van der Waals surface area contributed by atoms with E-state index in [1.807, 2.05) is 6.92 Å². The summed E-state index contributed by atoms with van der Waals surface area (Å²) in [5.74, 6) is 0.475. The van der Waals surface area contributed by atoms with Crippen LogP contribution in [0.5, 0.6) is 0 Å². The fourth-order valence-electron chi connectivity index (χ4n) is 1.77. The predicted molar refractivity (Wildman–Crippen MR) is 43.3 cm³/mol. The molecule has 1 heterocycles. The van der Waals surface area contributed by atoms with E-state index >= 15 is 0 Å². The van der Waals surface area contributed by atoms with E-state index in [1.165, 1.54) is 0 Å². The number of piperazine rings is 1. The van der Waals surface area contributed by atoms with Crippen molar-refractivity contribution in [2.24, 2.45) is 0 Å². The second-order valence-corrected chi connectivity index (χ2v) is 4.21. The molecule has 3 heteroatoms. The van der Waals surface area contributed by atoms with Gasteiger partial charge in [0.25, 0.3) is 0 Å². The summed E-state index contributed by atoms with van der Waals surface area (Å²) >= 11 is 0. The third-order valence-corrected chi connectivity index (χ3v) is 2.44. The van der Waals surface area contributed by atoms with E-state index in [9.17, 15) is 5.11 Å². The maximum atomic E-state index is 9.37. The van der Waals surface area contributed by atoms with E-state index in [2.05, 4.69) is 24.5 Å². The van der Waals surface area contributed by atoms with E-state index in [-0.39, 0.29) is 11.1 Å². The molecule has 0 aromatic rings. The number of nitrogens with one attached hydrogen (secondary N) is 2. The monoisotopic (exact) mass is 154 g/mol. The number of hydrogen-bond acceptors (Lipinski definition) is 3. The molecule has 11 heavy (non-hydrogen) atoms. The fourth-order valence-corrected chi connectivity index (χ4v) is 1.77. The van der Waals surface area contributed by atoms with Gasteiger partial charge in [-0.15, -0.1) is 0 Å². The highest BCUT2D eigenvalue weighted by atomic mass is 16.3. The first kappa shape index (κ1) is 6.98. The van der Waals surface area contributed by atoms with Crippen LogP contribution in [0, 0.1) is 0 Å². The maximum Gasteiger partial charge on any atom is 0.139 e. The van der Waals surface area contributed by atoms with Gasteiger partial charge in [-0.1, -0.05) is 0 Å². The van der Waals surface area contributed by atoms with Crippen LogP contribution in [0.15, 0.2) is 11.5 Å². The Kier molecular flexibility index (Phi) is 0.986. The van der Waals surface area contributed by atoms with Gasteiger partial charge in [0.2, 0.25) is 0 Å². The molecule has 0 radical (unpaired) electrons. The fraction of sp³-hybridized carbons (Fsp3) is 0.750. The molecule has 2 aliphatic rings. The predicted octanol–water partition coefficient (Wildman–Crippen LogP) is 0.500. The molecule has 3 N–H and O–H groups in total. The second kappa shape index (κ2) is 1.55. The van der Waals surface area contributed by atoms with E-state index in [1.54, 1.807) is 0 Å². The Morgan fingerprint density at radius 3 is 2.45 bits per heavy atom. The van der Waals surface area contributed by atoms with Gasteiger partial charge in [-0.05, 0) is 20.8 Å². The van der Waals surface area contributed by atoms with Crippen molar-refractivity contribution in [2.75, 3.05) is 6.54 Å². The molecule has 1 aliphatic heterocycles. The van der Waals surface area contributed by atoms with Gasteiger partial charge < -0.3 is 10.4 Å². The summed E-state index contributed by atoms with van der Waals surface area (Å²) in [4.78, 5) is 0. The third kappa shape index (κ3) is 0.774. The van der Waals surface area contributed by atoms with Gasteiger partial charge in [0, 0.05) is 12.1 Å². The lowest BCUT2D eigenvalue weighted by Crippen LogP contribution is -2.58. The minimum atomic E-state index is -0.234. The first-order valence-electron chi connectivity index (χ1n) is 3.93. The number of fused-ring (bicyclic) bond motifs is 1. The van der Waals surface area contributed by atoms with Crippen LogP contribution in [0.1, 0.15) is 20.8 Å². The van der Waals surface area contributed by atoms with Gasteiger partial charge in [-0.3, -0.25) is 5.32 Å². The molecule has 1 saturated heterocycles. The molecule has 2 rings (SSSR count). The van der Waals surface area contributed by atoms with Crippen LogP contribution in [-0.2, 0) is 0 Å². The van der Waals surface area contributed by atoms with E-state index in [4.69, 9.17) is 0 Å². The van der Waals surface area contributed by atoms with Crippen molar-refractivity contribution in [1.82, 2.24) is 10.6 Å². The van der Waals surface area contributed by atoms with Crippen molar-refractivity contribution in [2.45, 2.75) is 31.8 Å². The van der Waals surface area contributed by atoms with Gasteiger partial charge >= 0.3 is 0 Å². The van der Waals surface area contributed by atoms with Crippen LogP contribution in [0.4, 0.5) is 0 Å². The zero-order valence-electron chi connectivity index (χ0n) is 7.15. The van der Waals surface area contributed by atoms with Crippen LogP contribution in [0.3, 0.4) is 0 Å². The van der Waals surface area contributed by atoms with Crippen LogP contribution in [0.25, 0.3) is 0 Å². The largest absolute Gasteiger partial charge is 0.508 e. The summed E-state index contributed by atoms with van der Waals surface area (Å²) in [7, 11) is 0. The highest BCUT2D eigenvalue weighted by Crippen LogP contribution is 2.43. The van der Waals surface area contributed by atoms with Gasteiger partial charge in [0.05, 0.1) is 5.70 Å². The molecular weight excluding hydrogens is 140 g/mol. The second-order valence-electron chi connectivity index (χ2n) is 4.21. The normalized spacial score (nSPS) is 39.5. The quantitative estimate of drug-likeness (QED) is 0.476. The average molecular weight is 154 g/mol. The highest BCUT2D eigenvalue weighted by molar-refractivity contribution is 5.50. The Hall–Kier alpha value is -0.700. The summed E-state index contributed by atoms with van der Waals surface area (Å²) in [6.07, 6.45) is 0. The van der Waals surface area contributed by atoms with Crippen molar-refractivity contribution in [1.29, 1.82) is 0 Å². The SMILES string of the molecule is CC1(C)CNC2=C(O)C2(C)N1. The molecule has 1 aliphatic carbocycles. The minimum absolute atomic E-state index is 0.0722. The standard InChI is InChI=1S/C8H14N2O/c1-7(2)4-9-5-6(11)8(5,3)10-7/h9-11H,4H2,1-3H3. The van der Waals surface area contributed by atoms with Crippen molar-refractivity contribution in [3.05, 3.63) is 11.5 Å². The Labute approximate surface area is 66.5 Å². The molecule has 0 aromatic heterocycles. The lowest BCUT2D eigenvalue weighted by molar-refractivity contribution is 0.269. The van der Waals surface area contributed by atoms with E-state index in [0.717, 1.165) is 12.2 Å². The Morgan fingerprint density at radius 1 is 1.36 bits per heavy atom. The van der Waals surface area contributed by atoms with E-state index < -0.39 is 0 Å². The molecule has 0 bridgehead atoms. The molecule has 1 atom stereocenters. The first-order chi connectivity index (χ1) is 4.96. The molecule has 3 nitrogen and oxygen atoms in total. The number of aliphatic hydroxyl groups excluding tert-OH is 1. The maximum absolute atomic E-state index is 9.37. The molecule has 0 spiro atoms. The highest BCUT2D eigenvalue weighted by Gasteiger charge is 2.56. The van der Waals surface area contributed by atoms with Gasteiger partial charge in [0.1, 0.15) is 11.3 Å². The van der Waals surface area contributed by atoms with Crippen LogP contribution >= 0.6 is 0 Å². The number of aliphatic hydroxyl groups is 1. The third-order valence-electron chi connectivity index (χ3n) is 2.44. The van der Waals surface area contributed by atoms with Crippen LogP contribution in [-0.4, -0.2) is 22.7 Å². The summed E-state index contributed by atoms with van der Waals surface area (Å²) < 4.78 is 0. The molecule has 1 fully saturated rings. The first-order valence-corrected chi connectivity index (χ1v) is 3.93. The van der Waals surface area contributed by atoms with Gasteiger partial charge in [-0.25, -0.2) is 0 Å². The summed E-state index contributed by atoms with van der Waals surface area (Å²) in [6.45, 7) is 7.11. The number of hydrogen-bond donors (Lipinski definition) is 3. The Bertz CT molecular complexity index is 244. The molecular formula is C8H14N2O. The zero-order chi connectivity index (χ0) is 8.28. The minimum Gasteiger partial charge on any atom is -0.508 e. The van der Waals surface area contributed by atoms with Crippen molar-refractivity contribution in [3.8, 4) is 0 Å². The molecule has 0 aromatic carbocycles. The Morgan fingerprint density at radius 2 is 2.00 bits per heavy atom. The molecule has 62 valence electrons. The lowest BCUT2D eigenvalue weighted by atomic mass is 9.99. The van der Waals surface area contributed by atoms with Gasteiger partial charge in [-0.2, -0.15) is 0 Å². The van der Waals surface area contributed by atoms with Gasteiger partial charge in [0.15, 0.2) is 0 Å². The van der Waals surface area contributed by atoms with Crippen molar-refractivity contribution < 1.29 is 5.11 Å². The zero-order valence-corrected chi connectivity index (χ0v) is 7.15. The van der Waals surface area contributed by atoms with Crippen molar-refractivity contribution in [3.63, 3.8) is 0 Å².